The minimum atomic E-state index is 0.392. The molecule has 0 saturated carbocycles. The molecule has 0 bridgehead atoms. The Balaban J connectivity index is 2.95. The highest BCUT2D eigenvalue weighted by Crippen LogP contribution is 2.27. The SMILES string of the molecule is CCCCCN(c1ccccc1C(C)NC)C(C)C. The summed E-state index contributed by atoms with van der Waals surface area (Å²) in [5.74, 6) is 0. The molecule has 0 saturated heterocycles. The van der Waals surface area contributed by atoms with Crippen LogP contribution in [0.25, 0.3) is 0 Å². The molecule has 0 amide bonds. The third-order valence-corrected chi connectivity index (χ3v) is 3.77. The molecule has 1 atom stereocenters. The monoisotopic (exact) mass is 262 g/mol. The molecule has 0 aliphatic heterocycles. The second-order valence-corrected chi connectivity index (χ2v) is 5.56. The van der Waals surface area contributed by atoms with Gasteiger partial charge in [-0.2, -0.15) is 0 Å². The van der Waals surface area contributed by atoms with Gasteiger partial charge in [-0.3, -0.25) is 0 Å². The van der Waals surface area contributed by atoms with Crippen molar-refractivity contribution in [2.24, 2.45) is 0 Å². The molecule has 2 nitrogen and oxygen atoms in total. The normalized spacial score (nSPS) is 12.7. The summed E-state index contributed by atoms with van der Waals surface area (Å²) >= 11 is 0. The van der Waals surface area contributed by atoms with Crippen LogP contribution in [0.3, 0.4) is 0 Å². The van der Waals surface area contributed by atoms with Gasteiger partial charge in [-0.15, -0.1) is 0 Å². The highest BCUT2D eigenvalue weighted by molar-refractivity contribution is 5.55. The third kappa shape index (κ3) is 4.54. The molecule has 0 heterocycles. The first-order chi connectivity index (χ1) is 9.11. The second kappa shape index (κ2) is 8.21. The number of hydrogen-bond acceptors (Lipinski definition) is 2. The predicted octanol–water partition coefficient (Wildman–Crippen LogP) is 4.37. The molecule has 108 valence electrons. The Labute approximate surface area is 119 Å². The average molecular weight is 262 g/mol. The fraction of sp³-hybridized carbons (Fsp3) is 0.647. The Kier molecular flexibility index (Phi) is 6.93. The van der Waals surface area contributed by atoms with Crippen molar-refractivity contribution in [2.45, 2.75) is 59.0 Å². The van der Waals surface area contributed by atoms with Gasteiger partial charge < -0.3 is 10.2 Å². The van der Waals surface area contributed by atoms with E-state index in [1.54, 1.807) is 0 Å². The van der Waals surface area contributed by atoms with Crippen LogP contribution in [0.2, 0.25) is 0 Å². The van der Waals surface area contributed by atoms with Gasteiger partial charge in [0.05, 0.1) is 0 Å². The molecule has 1 aromatic carbocycles. The van der Waals surface area contributed by atoms with E-state index in [9.17, 15) is 0 Å². The molecule has 0 aliphatic carbocycles. The Morgan fingerprint density at radius 3 is 2.37 bits per heavy atom. The largest absolute Gasteiger partial charge is 0.369 e. The lowest BCUT2D eigenvalue weighted by Crippen LogP contribution is -2.33. The molecule has 1 aromatic rings. The van der Waals surface area contributed by atoms with E-state index in [0.717, 1.165) is 6.54 Å². The summed E-state index contributed by atoms with van der Waals surface area (Å²) < 4.78 is 0. The van der Waals surface area contributed by atoms with Crippen molar-refractivity contribution >= 4 is 5.69 Å². The van der Waals surface area contributed by atoms with Crippen molar-refractivity contribution in [3.8, 4) is 0 Å². The van der Waals surface area contributed by atoms with Crippen LogP contribution in [0.4, 0.5) is 5.69 Å². The fourth-order valence-electron chi connectivity index (χ4n) is 2.46. The maximum absolute atomic E-state index is 3.36. The van der Waals surface area contributed by atoms with Crippen LogP contribution >= 0.6 is 0 Å². The molecule has 2 heteroatoms. The number of para-hydroxylation sites is 1. The Bertz CT molecular complexity index is 360. The number of nitrogens with one attached hydrogen (secondary N) is 1. The van der Waals surface area contributed by atoms with Crippen molar-refractivity contribution in [1.29, 1.82) is 0 Å². The van der Waals surface area contributed by atoms with Crippen LogP contribution in [0, 0.1) is 0 Å². The number of anilines is 1. The van der Waals surface area contributed by atoms with E-state index < -0.39 is 0 Å². The van der Waals surface area contributed by atoms with Crippen LogP contribution < -0.4 is 10.2 Å². The van der Waals surface area contributed by atoms with Gasteiger partial charge in [0.25, 0.3) is 0 Å². The van der Waals surface area contributed by atoms with Crippen molar-refractivity contribution in [2.75, 3.05) is 18.5 Å². The zero-order valence-corrected chi connectivity index (χ0v) is 13.2. The average Bonchev–Trinajstić information content (AvgIpc) is 2.42. The van der Waals surface area contributed by atoms with Crippen LogP contribution in [0.1, 0.15) is 58.6 Å². The Morgan fingerprint density at radius 2 is 1.79 bits per heavy atom. The number of nitrogens with zero attached hydrogens (tertiary/aromatic N) is 1. The van der Waals surface area contributed by atoms with Gasteiger partial charge in [-0.25, -0.2) is 0 Å². The summed E-state index contributed by atoms with van der Waals surface area (Å²) in [6.45, 7) is 10.2. The standard InChI is InChI=1S/C17H30N2/c1-6-7-10-13-19(14(2)3)17-12-9-8-11-16(17)15(4)18-5/h8-9,11-12,14-15,18H,6-7,10,13H2,1-5H3. The number of hydrogen-bond donors (Lipinski definition) is 1. The fourth-order valence-corrected chi connectivity index (χ4v) is 2.46. The van der Waals surface area contributed by atoms with Gasteiger partial charge in [0.1, 0.15) is 0 Å². The van der Waals surface area contributed by atoms with E-state index in [-0.39, 0.29) is 0 Å². The smallest absolute Gasteiger partial charge is 0.0416 e. The van der Waals surface area contributed by atoms with Crippen molar-refractivity contribution < 1.29 is 0 Å². The van der Waals surface area contributed by atoms with Crippen molar-refractivity contribution in [1.82, 2.24) is 5.32 Å². The molecule has 0 fully saturated rings. The van der Waals surface area contributed by atoms with Gasteiger partial charge in [0.2, 0.25) is 0 Å². The molecule has 0 aliphatic rings. The van der Waals surface area contributed by atoms with Crippen LogP contribution in [0.15, 0.2) is 24.3 Å². The third-order valence-electron chi connectivity index (χ3n) is 3.77. The first-order valence-electron chi connectivity index (χ1n) is 7.64. The number of unbranched alkanes of at least 4 members (excludes halogenated alkanes) is 2. The Morgan fingerprint density at radius 1 is 1.11 bits per heavy atom. The predicted molar refractivity (Wildman–Crippen MR) is 85.9 cm³/mol. The zero-order valence-electron chi connectivity index (χ0n) is 13.2. The second-order valence-electron chi connectivity index (χ2n) is 5.56. The molecule has 1 N–H and O–H groups in total. The summed E-state index contributed by atoms with van der Waals surface area (Å²) in [5.41, 5.74) is 2.78. The quantitative estimate of drug-likeness (QED) is 0.700. The summed E-state index contributed by atoms with van der Waals surface area (Å²) in [7, 11) is 2.03. The first kappa shape index (κ1) is 16.0. The van der Waals surface area contributed by atoms with E-state index in [0.29, 0.717) is 12.1 Å². The molecule has 19 heavy (non-hydrogen) atoms. The summed E-state index contributed by atoms with van der Waals surface area (Å²) in [6, 6.07) is 9.72. The van der Waals surface area contributed by atoms with Crippen molar-refractivity contribution in [3.05, 3.63) is 29.8 Å². The first-order valence-corrected chi connectivity index (χ1v) is 7.64. The maximum Gasteiger partial charge on any atom is 0.0416 e. The summed E-state index contributed by atoms with van der Waals surface area (Å²) in [6.07, 6.45) is 3.87. The molecule has 0 aromatic heterocycles. The van der Waals surface area contributed by atoms with E-state index in [2.05, 4.69) is 62.2 Å². The van der Waals surface area contributed by atoms with Crippen LogP contribution in [0.5, 0.6) is 0 Å². The molecule has 1 unspecified atom stereocenters. The minimum absolute atomic E-state index is 0.392. The van der Waals surface area contributed by atoms with Crippen LogP contribution in [-0.2, 0) is 0 Å². The van der Waals surface area contributed by atoms with E-state index in [4.69, 9.17) is 0 Å². The van der Waals surface area contributed by atoms with Gasteiger partial charge in [0, 0.05) is 24.3 Å². The highest BCUT2D eigenvalue weighted by Gasteiger charge is 2.16. The minimum Gasteiger partial charge on any atom is -0.369 e. The number of rotatable bonds is 8. The zero-order chi connectivity index (χ0) is 14.3. The lowest BCUT2D eigenvalue weighted by molar-refractivity contribution is 0.608. The molecular formula is C17H30N2. The lowest BCUT2D eigenvalue weighted by Gasteiger charge is -2.32. The topological polar surface area (TPSA) is 15.3 Å². The molecule has 0 radical (unpaired) electrons. The van der Waals surface area contributed by atoms with Gasteiger partial charge in [0.15, 0.2) is 0 Å². The summed E-state index contributed by atoms with van der Waals surface area (Å²) in [4.78, 5) is 2.54. The Hall–Kier alpha value is -1.02. The lowest BCUT2D eigenvalue weighted by atomic mass is 10.0. The van der Waals surface area contributed by atoms with E-state index in [1.807, 2.05) is 7.05 Å². The number of benzene rings is 1. The van der Waals surface area contributed by atoms with Crippen LogP contribution in [-0.4, -0.2) is 19.6 Å². The van der Waals surface area contributed by atoms with Gasteiger partial charge >= 0.3 is 0 Å². The van der Waals surface area contributed by atoms with Crippen molar-refractivity contribution in [3.63, 3.8) is 0 Å². The van der Waals surface area contributed by atoms with E-state index in [1.165, 1.54) is 30.5 Å². The van der Waals surface area contributed by atoms with Gasteiger partial charge in [-0.05, 0) is 45.9 Å². The molecule has 1 rings (SSSR count). The highest BCUT2D eigenvalue weighted by atomic mass is 15.2. The van der Waals surface area contributed by atoms with Gasteiger partial charge in [-0.1, -0.05) is 38.0 Å². The summed E-state index contributed by atoms with van der Waals surface area (Å²) in [5, 5.41) is 3.36. The molecular weight excluding hydrogens is 232 g/mol. The maximum atomic E-state index is 3.36. The molecule has 0 spiro atoms. The van der Waals surface area contributed by atoms with E-state index >= 15 is 0 Å².